The third kappa shape index (κ3) is 5.04. The van der Waals surface area contributed by atoms with Crippen molar-refractivity contribution in [3.05, 3.63) is 78.1 Å². The van der Waals surface area contributed by atoms with E-state index < -0.39 is 9.84 Å². The molecule has 4 rings (SSSR count). The highest BCUT2D eigenvalue weighted by molar-refractivity contribution is 7.91. The number of ether oxygens (including phenoxy) is 1. The summed E-state index contributed by atoms with van der Waals surface area (Å²) in [6.07, 6.45) is 1.49. The highest BCUT2D eigenvalue weighted by Crippen LogP contribution is 2.37. The zero-order chi connectivity index (χ0) is 23.4. The van der Waals surface area contributed by atoms with Crippen LogP contribution in [0.4, 0.5) is 5.13 Å². The summed E-state index contributed by atoms with van der Waals surface area (Å²) in [4.78, 5) is 24.0. The van der Waals surface area contributed by atoms with Gasteiger partial charge < -0.3 is 4.74 Å². The van der Waals surface area contributed by atoms with Gasteiger partial charge in [0.15, 0.2) is 15.0 Å². The van der Waals surface area contributed by atoms with Crippen molar-refractivity contribution in [2.75, 3.05) is 17.8 Å². The highest BCUT2D eigenvalue weighted by Gasteiger charge is 2.25. The predicted octanol–water partition coefficient (Wildman–Crippen LogP) is 4.41. The zero-order valence-corrected chi connectivity index (χ0v) is 19.9. The minimum atomic E-state index is -3.59. The van der Waals surface area contributed by atoms with Crippen LogP contribution in [0.15, 0.2) is 71.8 Å². The number of anilines is 1. The third-order valence-corrected chi connectivity index (χ3v) is 8.12. The number of amides is 1. The summed E-state index contributed by atoms with van der Waals surface area (Å²) in [5.41, 5.74) is 2.37. The van der Waals surface area contributed by atoms with Crippen LogP contribution in [0, 0.1) is 6.92 Å². The van der Waals surface area contributed by atoms with Crippen molar-refractivity contribution in [3.63, 3.8) is 0 Å². The van der Waals surface area contributed by atoms with Crippen LogP contribution in [-0.4, -0.2) is 37.2 Å². The molecule has 9 heteroatoms. The van der Waals surface area contributed by atoms with Crippen molar-refractivity contribution < 1.29 is 17.9 Å². The number of carbonyl (C=O) groups is 1. The molecule has 7 nitrogen and oxygen atoms in total. The Morgan fingerprint density at radius 3 is 2.52 bits per heavy atom. The largest absolute Gasteiger partial charge is 0.494 e. The smallest absolute Gasteiger partial charge is 0.230 e. The van der Waals surface area contributed by atoms with Gasteiger partial charge in [-0.05, 0) is 42.8 Å². The number of aryl methyl sites for hydroxylation is 1. The van der Waals surface area contributed by atoms with Gasteiger partial charge in [-0.1, -0.05) is 41.7 Å². The van der Waals surface area contributed by atoms with Crippen molar-refractivity contribution in [1.29, 1.82) is 0 Å². The summed E-state index contributed by atoms with van der Waals surface area (Å²) in [6, 6.07) is 17.4. The summed E-state index contributed by atoms with van der Waals surface area (Å²) in [7, 11) is -2.01. The van der Waals surface area contributed by atoms with Gasteiger partial charge in [-0.3, -0.25) is 14.7 Å². The predicted molar refractivity (Wildman–Crippen MR) is 129 cm³/mol. The van der Waals surface area contributed by atoms with E-state index in [1.54, 1.807) is 37.6 Å². The van der Waals surface area contributed by atoms with E-state index in [4.69, 9.17) is 4.74 Å². The van der Waals surface area contributed by atoms with Crippen molar-refractivity contribution in [2.45, 2.75) is 24.8 Å². The molecule has 33 heavy (non-hydrogen) atoms. The lowest BCUT2D eigenvalue weighted by Gasteiger charge is -2.19. The van der Waals surface area contributed by atoms with Crippen molar-refractivity contribution in [1.82, 2.24) is 9.97 Å². The molecule has 0 N–H and O–H groups in total. The molecular weight excluding hydrogens is 458 g/mol. The van der Waals surface area contributed by atoms with Crippen LogP contribution in [0.3, 0.4) is 0 Å². The first-order valence-electron chi connectivity index (χ1n) is 10.3. The molecule has 0 radical (unpaired) electrons. The number of hydrogen-bond donors (Lipinski definition) is 0. The molecule has 0 aliphatic rings. The van der Waals surface area contributed by atoms with Crippen LogP contribution in [0.5, 0.6) is 5.75 Å². The molecule has 170 valence electrons. The van der Waals surface area contributed by atoms with Gasteiger partial charge >= 0.3 is 0 Å². The van der Waals surface area contributed by atoms with Crippen LogP contribution in [0.1, 0.15) is 17.7 Å². The van der Waals surface area contributed by atoms with E-state index >= 15 is 0 Å². The molecular formula is C24H23N3O4S2. The number of rotatable bonds is 8. The first-order chi connectivity index (χ1) is 15.9. The maximum Gasteiger partial charge on any atom is 0.230 e. The first kappa shape index (κ1) is 22.9. The van der Waals surface area contributed by atoms with Gasteiger partial charge in [-0.2, -0.15) is 0 Å². The topological polar surface area (TPSA) is 89.5 Å². The molecule has 0 fully saturated rings. The van der Waals surface area contributed by atoms with E-state index in [1.165, 1.54) is 28.4 Å². The molecule has 2 aromatic carbocycles. The number of hydrogen-bond acceptors (Lipinski definition) is 7. The molecule has 2 aromatic heterocycles. The fourth-order valence-electron chi connectivity index (χ4n) is 3.40. The van der Waals surface area contributed by atoms with E-state index in [2.05, 4.69) is 9.97 Å². The molecule has 1 amide bonds. The van der Waals surface area contributed by atoms with Crippen LogP contribution < -0.4 is 9.64 Å². The minimum Gasteiger partial charge on any atom is -0.494 e. The second kappa shape index (κ2) is 9.68. The van der Waals surface area contributed by atoms with E-state index in [0.29, 0.717) is 22.1 Å². The number of fused-ring (bicyclic) bond motifs is 1. The maximum absolute atomic E-state index is 13.3. The van der Waals surface area contributed by atoms with E-state index in [9.17, 15) is 13.2 Å². The summed E-state index contributed by atoms with van der Waals surface area (Å²) in [6.45, 7) is 2.16. The number of pyridine rings is 1. The Balaban J connectivity index is 1.66. The van der Waals surface area contributed by atoms with Crippen molar-refractivity contribution >= 4 is 42.4 Å². The second-order valence-electron chi connectivity index (χ2n) is 7.44. The third-order valence-electron chi connectivity index (χ3n) is 5.18. The van der Waals surface area contributed by atoms with Gasteiger partial charge in [0.05, 0.1) is 34.7 Å². The van der Waals surface area contributed by atoms with E-state index in [-0.39, 0.29) is 29.5 Å². The Morgan fingerprint density at radius 2 is 1.82 bits per heavy atom. The number of carbonyl (C=O) groups excluding carboxylic acids is 1. The Bertz CT molecular complexity index is 1370. The summed E-state index contributed by atoms with van der Waals surface area (Å²) in [5.74, 6) is -0.00670. The molecule has 0 aliphatic carbocycles. The van der Waals surface area contributed by atoms with Crippen LogP contribution >= 0.6 is 11.3 Å². The Kier molecular flexibility index (Phi) is 6.71. The van der Waals surface area contributed by atoms with Gasteiger partial charge in [-0.15, -0.1) is 0 Å². The molecule has 0 bridgehead atoms. The summed E-state index contributed by atoms with van der Waals surface area (Å²) >= 11 is 1.38. The molecule has 0 aliphatic heterocycles. The van der Waals surface area contributed by atoms with Crippen LogP contribution in [0.25, 0.3) is 10.2 Å². The van der Waals surface area contributed by atoms with Gasteiger partial charge in [-0.25, -0.2) is 13.4 Å². The summed E-state index contributed by atoms with van der Waals surface area (Å²) < 4.78 is 31.8. The number of methoxy groups -OCH3 is 1. The fraction of sp³-hybridized carbons (Fsp3) is 0.208. The van der Waals surface area contributed by atoms with Gasteiger partial charge in [0, 0.05) is 12.6 Å². The molecule has 0 atom stereocenters. The lowest BCUT2D eigenvalue weighted by atomic mass is 10.2. The first-order valence-corrected chi connectivity index (χ1v) is 12.8. The lowest BCUT2D eigenvalue weighted by molar-refractivity contribution is -0.118. The van der Waals surface area contributed by atoms with Crippen LogP contribution in [-0.2, 0) is 21.2 Å². The highest BCUT2D eigenvalue weighted by atomic mass is 32.2. The fourth-order valence-corrected chi connectivity index (χ4v) is 5.72. The number of sulfone groups is 1. The van der Waals surface area contributed by atoms with Crippen LogP contribution in [0.2, 0.25) is 0 Å². The average molecular weight is 482 g/mol. The summed E-state index contributed by atoms with van der Waals surface area (Å²) in [5, 5.41) is 0.477. The van der Waals surface area contributed by atoms with E-state index in [0.717, 1.165) is 10.3 Å². The second-order valence-corrected chi connectivity index (χ2v) is 10.5. The zero-order valence-electron chi connectivity index (χ0n) is 18.3. The molecule has 0 saturated heterocycles. The Morgan fingerprint density at radius 1 is 1.06 bits per heavy atom. The number of aromatic nitrogens is 2. The molecule has 4 aromatic rings. The van der Waals surface area contributed by atoms with Gasteiger partial charge in [0.25, 0.3) is 0 Å². The SMILES string of the molecule is COc1ccc(C)c2sc(N(Cc3ccccn3)C(=O)CCS(=O)(=O)c3ccccc3)nc12. The van der Waals surface area contributed by atoms with E-state index in [1.807, 2.05) is 31.2 Å². The lowest BCUT2D eigenvalue weighted by Crippen LogP contribution is -2.32. The number of nitrogens with zero attached hydrogens (tertiary/aromatic N) is 3. The van der Waals surface area contributed by atoms with Crippen molar-refractivity contribution in [2.24, 2.45) is 0 Å². The Labute approximate surface area is 196 Å². The number of thiazole rings is 1. The molecule has 2 heterocycles. The maximum atomic E-state index is 13.3. The molecule has 0 saturated carbocycles. The average Bonchev–Trinajstić information content (AvgIpc) is 3.29. The normalized spacial score (nSPS) is 11.5. The van der Waals surface area contributed by atoms with Gasteiger partial charge in [0.1, 0.15) is 11.3 Å². The Hall–Kier alpha value is -3.30. The molecule has 0 spiro atoms. The minimum absolute atomic E-state index is 0.171. The van der Waals surface area contributed by atoms with Crippen molar-refractivity contribution in [3.8, 4) is 5.75 Å². The van der Waals surface area contributed by atoms with Gasteiger partial charge in [0.2, 0.25) is 5.91 Å². The standard InChI is InChI=1S/C24H23N3O4S2/c1-17-11-12-20(31-2)22-23(17)32-24(26-22)27(16-18-8-6-7-14-25-18)21(28)13-15-33(29,30)19-9-4-3-5-10-19/h3-12,14H,13,15-16H2,1-2H3. The molecule has 0 unspecified atom stereocenters. The number of benzene rings is 2. The monoisotopic (exact) mass is 481 g/mol. The quantitative estimate of drug-likeness (QED) is 0.370.